The first kappa shape index (κ1) is 21.8. The molecule has 1 saturated carbocycles. The predicted octanol–water partition coefficient (Wildman–Crippen LogP) is 4.04. The van der Waals surface area contributed by atoms with Gasteiger partial charge in [-0.1, -0.05) is 30.9 Å². The van der Waals surface area contributed by atoms with Crippen molar-refractivity contribution in [3.63, 3.8) is 0 Å². The summed E-state index contributed by atoms with van der Waals surface area (Å²) in [5.74, 6) is 1.71. The Morgan fingerprint density at radius 1 is 1.07 bits per heavy atom. The summed E-state index contributed by atoms with van der Waals surface area (Å²) >= 11 is 0. The van der Waals surface area contributed by atoms with E-state index in [1.807, 2.05) is 0 Å². The zero-order valence-corrected chi connectivity index (χ0v) is 17.7. The van der Waals surface area contributed by atoms with Crippen LogP contribution >= 0.6 is 0 Å². The van der Waals surface area contributed by atoms with E-state index in [0.717, 1.165) is 24.9 Å². The molecule has 29 heavy (non-hydrogen) atoms. The molecule has 158 valence electrons. The van der Waals surface area contributed by atoms with Crippen LogP contribution < -0.4 is 10.6 Å². The normalized spacial score (nSPS) is 18.2. The maximum atomic E-state index is 8.12. The summed E-state index contributed by atoms with van der Waals surface area (Å²) < 4.78 is 2.55. The summed E-state index contributed by atoms with van der Waals surface area (Å²) in [4.78, 5) is 16.2. The molecule has 0 amide bonds. The molecule has 0 unspecified atom stereocenters. The Balaban J connectivity index is 0.000000755. The third-order valence-electron chi connectivity index (χ3n) is 6.51. The van der Waals surface area contributed by atoms with Crippen molar-refractivity contribution >= 4 is 17.1 Å². The Bertz CT molecular complexity index is 796. The van der Waals surface area contributed by atoms with Crippen molar-refractivity contribution in [2.24, 2.45) is 11.8 Å². The number of nitrogens with one attached hydrogen (secondary N) is 2. The minimum absolute atomic E-state index is 0.250. The van der Waals surface area contributed by atoms with Crippen LogP contribution in [-0.4, -0.2) is 30.4 Å². The number of aromatic nitrogens is 1. The second-order valence-electron chi connectivity index (χ2n) is 8.74. The maximum absolute atomic E-state index is 8.12. The van der Waals surface area contributed by atoms with Crippen molar-refractivity contribution in [3.8, 4) is 0 Å². The number of fused-ring (bicyclic) bond motifs is 1. The number of rotatable bonds is 6. The van der Waals surface area contributed by atoms with E-state index in [4.69, 9.17) is 9.59 Å². The highest BCUT2D eigenvalue weighted by Gasteiger charge is 2.17. The van der Waals surface area contributed by atoms with Gasteiger partial charge in [0.2, 0.25) is 0 Å². The van der Waals surface area contributed by atoms with Crippen LogP contribution in [0.1, 0.15) is 56.1 Å². The first-order valence-corrected chi connectivity index (χ1v) is 11.2. The molecule has 2 aromatic rings. The summed E-state index contributed by atoms with van der Waals surface area (Å²) in [6, 6.07) is 6.99. The van der Waals surface area contributed by atoms with Crippen molar-refractivity contribution in [3.05, 3.63) is 35.5 Å². The standard InChI is InChI=1S/C23H35N3.CO2/c1-18-7-8-23-22(13-18)21(15-25-14-19-9-11-24-12-10-19)17-26(23)16-20-5-3-2-4-6-20;2-1-3/h7-8,13,17,19-20,24-25H,2-6,9-12,14-16H2,1H3;. The average molecular weight is 398 g/mol. The highest BCUT2D eigenvalue weighted by atomic mass is 16.2. The first-order valence-electron chi connectivity index (χ1n) is 11.2. The van der Waals surface area contributed by atoms with Crippen molar-refractivity contribution in [2.75, 3.05) is 19.6 Å². The molecule has 2 aliphatic rings. The number of hydrogen-bond acceptors (Lipinski definition) is 4. The molecular formula is C24H35N3O2. The molecule has 0 atom stereocenters. The van der Waals surface area contributed by atoms with E-state index >= 15 is 0 Å². The quantitative estimate of drug-likeness (QED) is 0.772. The maximum Gasteiger partial charge on any atom is 0.373 e. The van der Waals surface area contributed by atoms with Gasteiger partial charge < -0.3 is 15.2 Å². The first-order chi connectivity index (χ1) is 14.2. The lowest BCUT2D eigenvalue weighted by molar-refractivity contribution is -0.191. The molecule has 2 heterocycles. The molecular weight excluding hydrogens is 362 g/mol. The van der Waals surface area contributed by atoms with Crippen molar-refractivity contribution in [2.45, 2.75) is 65.0 Å². The number of benzene rings is 1. The van der Waals surface area contributed by atoms with Gasteiger partial charge in [-0.3, -0.25) is 0 Å². The highest BCUT2D eigenvalue weighted by Crippen LogP contribution is 2.29. The van der Waals surface area contributed by atoms with Gasteiger partial charge in [-0.2, -0.15) is 9.59 Å². The van der Waals surface area contributed by atoms with Crippen LogP contribution in [0.2, 0.25) is 0 Å². The molecule has 5 heteroatoms. The third kappa shape index (κ3) is 6.27. The van der Waals surface area contributed by atoms with Crippen LogP contribution in [0.3, 0.4) is 0 Å². The topological polar surface area (TPSA) is 63.1 Å². The van der Waals surface area contributed by atoms with Crippen molar-refractivity contribution in [1.82, 2.24) is 15.2 Å². The smallest absolute Gasteiger partial charge is 0.347 e. The Hall–Kier alpha value is -1.94. The van der Waals surface area contributed by atoms with Gasteiger partial charge in [0.15, 0.2) is 0 Å². The molecule has 1 aliphatic carbocycles. The van der Waals surface area contributed by atoms with E-state index in [-0.39, 0.29) is 6.15 Å². The lowest BCUT2D eigenvalue weighted by Gasteiger charge is -2.23. The van der Waals surface area contributed by atoms with Gasteiger partial charge in [0.1, 0.15) is 0 Å². The summed E-state index contributed by atoms with van der Waals surface area (Å²) in [5.41, 5.74) is 4.28. The molecule has 4 rings (SSSR count). The molecule has 0 radical (unpaired) electrons. The van der Waals surface area contributed by atoms with E-state index in [0.29, 0.717) is 0 Å². The molecule has 2 fully saturated rings. The zero-order chi connectivity index (χ0) is 20.5. The molecule has 0 spiro atoms. The number of aryl methyl sites for hydroxylation is 1. The zero-order valence-electron chi connectivity index (χ0n) is 17.7. The molecule has 1 aromatic carbocycles. The molecule has 2 N–H and O–H groups in total. The Morgan fingerprint density at radius 3 is 2.52 bits per heavy atom. The predicted molar refractivity (Wildman–Crippen MR) is 116 cm³/mol. The lowest BCUT2D eigenvalue weighted by atomic mass is 9.89. The number of nitrogens with zero attached hydrogens (tertiary/aromatic N) is 1. The fourth-order valence-corrected chi connectivity index (χ4v) is 4.92. The lowest BCUT2D eigenvalue weighted by Crippen LogP contribution is -2.33. The van der Waals surface area contributed by atoms with Gasteiger partial charge in [0, 0.05) is 30.2 Å². The second-order valence-corrected chi connectivity index (χ2v) is 8.74. The molecule has 1 saturated heterocycles. The SMILES string of the molecule is Cc1ccc2c(c1)c(CNCC1CCNCC1)cn2CC1CCCCC1.O=C=O. The minimum atomic E-state index is 0.250. The van der Waals surface area contributed by atoms with Crippen LogP contribution in [0.4, 0.5) is 0 Å². The summed E-state index contributed by atoms with van der Waals surface area (Å²) in [6.45, 7) is 7.95. The van der Waals surface area contributed by atoms with Gasteiger partial charge >= 0.3 is 6.15 Å². The Kier molecular flexibility index (Phi) is 8.48. The number of piperidine rings is 1. The molecule has 1 aliphatic heterocycles. The largest absolute Gasteiger partial charge is 0.373 e. The monoisotopic (exact) mass is 397 g/mol. The van der Waals surface area contributed by atoms with Gasteiger partial charge in [-0.15, -0.1) is 0 Å². The van der Waals surface area contributed by atoms with Crippen LogP contribution in [0.5, 0.6) is 0 Å². The van der Waals surface area contributed by atoms with Crippen LogP contribution in [-0.2, 0) is 22.7 Å². The summed E-state index contributed by atoms with van der Waals surface area (Å²) in [7, 11) is 0. The van der Waals surface area contributed by atoms with Gasteiger partial charge in [0.25, 0.3) is 0 Å². The fourth-order valence-electron chi connectivity index (χ4n) is 4.92. The van der Waals surface area contributed by atoms with E-state index in [9.17, 15) is 0 Å². The Labute approximate surface area is 174 Å². The summed E-state index contributed by atoms with van der Waals surface area (Å²) in [5, 5.41) is 8.68. The van der Waals surface area contributed by atoms with Crippen molar-refractivity contribution in [1.29, 1.82) is 0 Å². The highest BCUT2D eigenvalue weighted by molar-refractivity contribution is 5.84. The third-order valence-corrected chi connectivity index (χ3v) is 6.51. The van der Waals surface area contributed by atoms with Crippen molar-refractivity contribution < 1.29 is 9.59 Å². The number of hydrogen-bond donors (Lipinski definition) is 2. The van der Waals surface area contributed by atoms with Gasteiger partial charge in [0.05, 0.1) is 0 Å². The fraction of sp³-hybridized carbons (Fsp3) is 0.625. The van der Waals surface area contributed by atoms with Crippen LogP contribution in [0, 0.1) is 18.8 Å². The molecule has 0 bridgehead atoms. The van der Waals surface area contributed by atoms with Crippen LogP contribution in [0.15, 0.2) is 24.4 Å². The second kappa shape index (κ2) is 11.3. The van der Waals surface area contributed by atoms with Gasteiger partial charge in [-0.25, -0.2) is 0 Å². The molecule has 5 nitrogen and oxygen atoms in total. The van der Waals surface area contributed by atoms with E-state index in [1.54, 1.807) is 0 Å². The van der Waals surface area contributed by atoms with E-state index < -0.39 is 0 Å². The summed E-state index contributed by atoms with van der Waals surface area (Å²) in [6.07, 6.45) is 12.4. The van der Waals surface area contributed by atoms with Crippen LogP contribution in [0.25, 0.3) is 10.9 Å². The van der Waals surface area contributed by atoms with Gasteiger partial charge in [-0.05, 0) is 81.8 Å². The molecule has 1 aromatic heterocycles. The Morgan fingerprint density at radius 2 is 1.79 bits per heavy atom. The number of carbonyl (C=O) groups excluding carboxylic acids is 2. The van der Waals surface area contributed by atoms with E-state index in [1.165, 1.54) is 86.6 Å². The average Bonchev–Trinajstić information content (AvgIpc) is 3.07. The van der Waals surface area contributed by atoms with E-state index in [2.05, 4.69) is 46.5 Å². The minimum Gasteiger partial charge on any atom is -0.347 e.